The van der Waals surface area contributed by atoms with Crippen LogP contribution in [0.25, 0.3) is 0 Å². The van der Waals surface area contributed by atoms with E-state index in [0.29, 0.717) is 6.61 Å². The van der Waals surface area contributed by atoms with Crippen molar-refractivity contribution < 1.29 is 19.1 Å². The highest BCUT2D eigenvalue weighted by Crippen LogP contribution is 2.36. The lowest BCUT2D eigenvalue weighted by molar-refractivity contribution is 0.0423. The summed E-state index contributed by atoms with van der Waals surface area (Å²) in [6.07, 6.45) is -1.17. The van der Waals surface area contributed by atoms with Gasteiger partial charge >= 0.3 is 6.09 Å². The van der Waals surface area contributed by atoms with Crippen LogP contribution in [-0.4, -0.2) is 44.4 Å². The molecular formula is C16H35NO4Si. The molecule has 0 radical (unpaired) electrons. The minimum atomic E-state index is -1.81. The Morgan fingerprint density at radius 3 is 2.09 bits per heavy atom. The molecule has 6 heteroatoms. The van der Waals surface area contributed by atoms with E-state index in [-0.39, 0.29) is 17.5 Å². The molecule has 2 atom stereocenters. The van der Waals surface area contributed by atoms with Crippen molar-refractivity contribution in [3.8, 4) is 0 Å². The lowest BCUT2D eigenvalue weighted by atomic mass is 10.1. The van der Waals surface area contributed by atoms with Gasteiger partial charge in [-0.25, -0.2) is 4.79 Å². The van der Waals surface area contributed by atoms with Gasteiger partial charge in [-0.1, -0.05) is 27.7 Å². The van der Waals surface area contributed by atoms with E-state index in [1.165, 1.54) is 0 Å². The summed E-state index contributed by atoms with van der Waals surface area (Å²) >= 11 is 0. The van der Waals surface area contributed by atoms with Crippen molar-refractivity contribution in [2.75, 3.05) is 13.2 Å². The summed E-state index contributed by atoms with van der Waals surface area (Å²) in [6.45, 7) is 18.9. The average Bonchev–Trinajstić information content (AvgIpc) is 2.29. The fourth-order valence-electron chi connectivity index (χ4n) is 1.37. The minimum absolute atomic E-state index is 0.0518. The van der Waals surface area contributed by atoms with Gasteiger partial charge in [0.1, 0.15) is 5.60 Å². The second-order valence-electron chi connectivity index (χ2n) is 8.50. The number of aliphatic hydroxyl groups excluding tert-OH is 1. The van der Waals surface area contributed by atoms with Crippen molar-refractivity contribution in [3.63, 3.8) is 0 Å². The number of carbonyl (C=O) groups is 1. The van der Waals surface area contributed by atoms with Crippen LogP contribution in [0.15, 0.2) is 0 Å². The van der Waals surface area contributed by atoms with Crippen molar-refractivity contribution in [1.82, 2.24) is 5.32 Å². The number of nitrogens with one attached hydrogen (secondary N) is 1. The summed E-state index contributed by atoms with van der Waals surface area (Å²) in [5.74, 6) is -0.0518. The van der Waals surface area contributed by atoms with Gasteiger partial charge < -0.3 is 19.6 Å². The maximum atomic E-state index is 11.6. The van der Waals surface area contributed by atoms with Crippen molar-refractivity contribution in [3.05, 3.63) is 0 Å². The zero-order chi connectivity index (χ0) is 17.8. The zero-order valence-corrected chi connectivity index (χ0v) is 16.7. The van der Waals surface area contributed by atoms with Gasteiger partial charge in [-0.05, 0) is 38.9 Å². The molecule has 0 heterocycles. The highest BCUT2D eigenvalue weighted by Gasteiger charge is 2.37. The third-order valence-corrected chi connectivity index (χ3v) is 8.53. The predicted octanol–water partition coefficient (Wildman–Crippen LogP) is 3.53. The number of alkyl carbamates (subject to hydrolysis) is 1. The van der Waals surface area contributed by atoms with E-state index in [0.717, 1.165) is 0 Å². The van der Waals surface area contributed by atoms with Crippen LogP contribution in [0.1, 0.15) is 48.5 Å². The Hall–Kier alpha value is -0.593. The molecule has 1 amide bonds. The molecule has 0 aromatic rings. The smallest absolute Gasteiger partial charge is 0.407 e. The number of ether oxygens (including phenoxy) is 1. The second kappa shape index (κ2) is 7.79. The number of amides is 1. The molecule has 5 nitrogen and oxygen atoms in total. The van der Waals surface area contributed by atoms with Crippen molar-refractivity contribution >= 4 is 14.4 Å². The largest absolute Gasteiger partial charge is 0.444 e. The molecule has 0 aromatic heterocycles. The van der Waals surface area contributed by atoms with Crippen LogP contribution in [0.4, 0.5) is 4.79 Å². The first kappa shape index (κ1) is 21.4. The topological polar surface area (TPSA) is 67.8 Å². The monoisotopic (exact) mass is 333 g/mol. The summed E-state index contributed by atoms with van der Waals surface area (Å²) in [5, 5.41) is 12.9. The maximum Gasteiger partial charge on any atom is 0.407 e. The van der Waals surface area contributed by atoms with Gasteiger partial charge in [0.2, 0.25) is 0 Å². The van der Waals surface area contributed by atoms with Crippen molar-refractivity contribution in [2.24, 2.45) is 5.92 Å². The van der Waals surface area contributed by atoms with Crippen LogP contribution in [-0.2, 0) is 9.16 Å². The van der Waals surface area contributed by atoms with Crippen LogP contribution in [0, 0.1) is 5.92 Å². The standard InChI is InChI=1S/C16H35NO4Si/c1-12(11-20-22(8,9)16(5,6)7)13(18)10-17-14(19)21-15(2,3)4/h12-13,18H,10-11H2,1-9H3,(H,17,19)/t12-,13+/m1/s1. The van der Waals surface area contributed by atoms with Crippen LogP contribution < -0.4 is 5.32 Å². The third-order valence-electron chi connectivity index (χ3n) is 4.02. The SMILES string of the molecule is C[C@H](CO[Si](C)(C)C(C)(C)C)[C@@H](O)CNC(=O)OC(C)(C)C. The Kier molecular flexibility index (Phi) is 7.58. The molecule has 0 aliphatic rings. The van der Waals surface area contributed by atoms with Gasteiger partial charge in [0.05, 0.1) is 6.10 Å². The van der Waals surface area contributed by atoms with Crippen LogP contribution in [0.2, 0.25) is 18.1 Å². The molecule has 0 aliphatic heterocycles. The van der Waals surface area contributed by atoms with Crippen LogP contribution >= 0.6 is 0 Å². The van der Waals surface area contributed by atoms with E-state index in [9.17, 15) is 9.90 Å². The normalized spacial score (nSPS) is 16.1. The van der Waals surface area contributed by atoms with Gasteiger partial charge in [0.25, 0.3) is 0 Å². The van der Waals surface area contributed by atoms with E-state index in [4.69, 9.17) is 9.16 Å². The third kappa shape index (κ3) is 8.15. The first-order valence-electron chi connectivity index (χ1n) is 7.94. The molecule has 0 bridgehead atoms. The molecule has 22 heavy (non-hydrogen) atoms. The predicted molar refractivity (Wildman–Crippen MR) is 92.6 cm³/mol. The maximum absolute atomic E-state index is 11.6. The lowest BCUT2D eigenvalue weighted by Crippen LogP contribution is -2.44. The molecule has 0 unspecified atom stereocenters. The van der Waals surface area contributed by atoms with E-state index in [2.05, 4.69) is 39.2 Å². The summed E-state index contributed by atoms with van der Waals surface area (Å²) in [7, 11) is -1.81. The van der Waals surface area contributed by atoms with Crippen LogP contribution in [0.5, 0.6) is 0 Å². The van der Waals surface area contributed by atoms with E-state index >= 15 is 0 Å². The van der Waals surface area contributed by atoms with Crippen molar-refractivity contribution in [2.45, 2.75) is 78.3 Å². The number of aliphatic hydroxyl groups is 1. The number of hydrogen-bond acceptors (Lipinski definition) is 4. The second-order valence-corrected chi connectivity index (χ2v) is 13.3. The van der Waals surface area contributed by atoms with Crippen LogP contribution in [0.3, 0.4) is 0 Å². The van der Waals surface area contributed by atoms with Gasteiger partial charge in [-0.2, -0.15) is 0 Å². The number of carbonyl (C=O) groups excluding carboxylic acids is 1. The zero-order valence-electron chi connectivity index (χ0n) is 15.7. The van der Waals surface area contributed by atoms with E-state index in [1.54, 1.807) is 20.8 Å². The Labute approximate surface area is 136 Å². The lowest BCUT2D eigenvalue weighted by Gasteiger charge is -2.37. The molecule has 0 spiro atoms. The molecule has 132 valence electrons. The molecule has 0 rings (SSSR count). The Morgan fingerprint density at radius 1 is 1.18 bits per heavy atom. The molecule has 0 aromatic carbocycles. The first-order chi connectivity index (χ1) is 9.66. The fraction of sp³-hybridized carbons (Fsp3) is 0.938. The summed E-state index contributed by atoms with van der Waals surface area (Å²) in [4.78, 5) is 11.6. The van der Waals surface area contributed by atoms with Gasteiger partial charge in [0, 0.05) is 19.1 Å². The quantitative estimate of drug-likeness (QED) is 0.730. The van der Waals surface area contributed by atoms with E-state index < -0.39 is 26.1 Å². The van der Waals surface area contributed by atoms with E-state index in [1.807, 2.05) is 6.92 Å². The Balaban J connectivity index is 4.23. The molecule has 0 saturated carbocycles. The Bertz CT molecular complexity index is 358. The molecule has 0 fully saturated rings. The highest BCUT2D eigenvalue weighted by molar-refractivity contribution is 6.74. The molecule has 2 N–H and O–H groups in total. The number of rotatable bonds is 6. The van der Waals surface area contributed by atoms with Gasteiger partial charge in [-0.15, -0.1) is 0 Å². The molecule has 0 saturated heterocycles. The Morgan fingerprint density at radius 2 is 1.68 bits per heavy atom. The summed E-state index contributed by atoms with van der Waals surface area (Å²) in [6, 6.07) is 0. The van der Waals surface area contributed by atoms with Gasteiger partial charge in [0.15, 0.2) is 8.32 Å². The van der Waals surface area contributed by atoms with Crippen molar-refractivity contribution in [1.29, 1.82) is 0 Å². The first-order valence-corrected chi connectivity index (χ1v) is 10.9. The summed E-state index contributed by atoms with van der Waals surface area (Å²) in [5.41, 5.74) is -0.536. The minimum Gasteiger partial charge on any atom is -0.444 e. The fourth-order valence-corrected chi connectivity index (χ4v) is 2.48. The van der Waals surface area contributed by atoms with Gasteiger partial charge in [-0.3, -0.25) is 0 Å². The average molecular weight is 334 g/mol. The molecule has 0 aliphatic carbocycles. The summed E-state index contributed by atoms with van der Waals surface area (Å²) < 4.78 is 11.2. The highest BCUT2D eigenvalue weighted by atomic mass is 28.4. The molecular weight excluding hydrogens is 298 g/mol. The number of hydrogen-bond donors (Lipinski definition) is 2.